The zero-order valence-corrected chi connectivity index (χ0v) is 11.6. The summed E-state index contributed by atoms with van der Waals surface area (Å²) >= 11 is 0. The summed E-state index contributed by atoms with van der Waals surface area (Å²) in [7, 11) is 0. The summed E-state index contributed by atoms with van der Waals surface area (Å²) in [5.74, 6) is -1.40. The van der Waals surface area contributed by atoms with Crippen molar-refractivity contribution in [3.63, 3.8) is 0 Å². The zero-order valence-electron chi connectivity index (χ0n) is 11.6. The Morgan fingerprint density at radius 2 is 2.14 bits per heavy atom. The van der Waals surface area contributed by atoms with Crippen LogP contribution in [0.5, 0.6) is 0 Å². The Morgan fingerprint density at radius 3 is 2.73 bits per heavy atom. The first-order chi connectivity index (χ1) is 10.3. The minimum atomic E-state index is -4.58. The van der Waals surface area contributed by atoms with Gasteiger partial charge in [0.15, 0.2) is 0 Å². The van der Waals surface area contributed by atoms with Gasteiger partial charge in [-0.2, -0.15) is 13.2 Å². The van der Waals surface area contributed by atoms with Crippen molar-refractivity contribution < 1.29 is 32.9 Å². The quantitative estimate of drug-likeness (QED) is 0.868. The van der Waals surface area contributed by atoms with Crippen molar-refractivity contribution in [2.45, 2.75) is 18.7 Å². The number of anilines is 1. The van der Waals surface area contributed by atoms with Crippen LogP contribution in [0.3, 0.4) is 0 Å². The average Bonchev–Trinajstić information content (AvgIpc) is 2.92. The molecule has 0 amide bonds. The van der Waals surface area contributed by atoms with Crippen LogP contribution in [0.4, 0.5) is 18.9 Å². The number of hydrogen-bond acceptors (Lipinski definition) is 4. The summed E-state index contributed by atoms with van der Waals surface area (Å²) in [6.07, 6.45) is -4.13. The fourth-order valence-electron chi connectivity index (χ4n) is 2.46. The summed E-state index contributed by atoms with van der Waals surface area (Å²) in [4.78, 5) is 12.9. The molecule has 0 saturated carbocycles. The van der Waals surface area contributed by atoms with Crippen LogP contribution in [-0.4, -0.2) is 48.6 Å². The molecule has 0 aliphatic carbocycles. The highest BCUT2D eigenvalue weighted by molar-refractivity contribution is 5.94. The largest absolute Gasteiger partial charge is 0.478 e. The Kier molecular flexibility index (Phi) is 4.92. The molecule has 1 aliphatic heterocycles. The van der Waals surface area contributed by atoms with Crippen LogP contribution in [0.1, 0.15) is 22.3 Å². The van der Waals surface area contributed by atoms with E-state index in [0.717, 1.165) is 6.07 Å². The highest BCUT2D eigenvalue weighted by Crippen LogP contribution is 2.34. The second kappa shape index (κ2) is 6.53. The summed E-state index contributed by atoms with van der Waals surface area (Å²) in [6.45, 7) is 0.932. The Labute approximate surface area is 124 Å². The van der Waals surface area contributed by atoms with Gasteiger partial charge >= 0.3 is 12.1 Å². The highest BCUT2D eigenvalue weighted by atomic mass is 19.4. The molecule has 1 saturated heterocycles. The number of carboxylic acid groups (broad SMARTS) is 1. The zero-order chi connectivity index (χ0) is 16.3. The molecule has 2 N–H and O–H groups in total. The van der Waals surface area contributed by atoms with Crippen molar-refractivity contribution in [2.75, 3.05) is 31.2 Å². The maximum atomic E-state index is 12.7. The van der Waals surface area contributed by atoms with E-state index in [1.807, 2.05) is 0 Å². The predicted octanol–water partition coefficient (Wildman–Crippen LogP) is 1.99. The number of alkyl halides is 3. The van der Waals surface area contributed by atoms with Gasteiger partial charge in [0.1, 0.15) is 0 Å². The first-order valence-electron chi connectivity index (χ1n) is 6.75. The van der Waals surface area contributed by atoms with Gasteiger partial charge in [-0.25, -0.2) is 4.79 Å². The molecular weight excluding hydrogens is 303 g/mol. The third-order valence-corrected chi connectivity index (χ3v) is 3.48. The first-order valence-corrected chi connectivity index (χ1v) is 6.75. The van der Waals surface area contributed by atoms with Gasteiger partial charge in [-0.05, 0) is 24.6 Å². The van der Waals surface area contributed by atoms with Crippen molar-refractivity contribution in [3.05, 3.63) is 29.3 Å². The van der Waals surface area contributed by atoms with E-state index in [9.17, 15) is 18.0 Å². The second-order valence-electron chi connectivity index (χ2n) is 4.99. The lowest BCUT2D eigenvalue weighted by molar-refractivity contribution is -0.137. The number of aliphatic hydroxyl groups excluding tert-OH is 1. The lowest BCUT2D eigenvalue weighted by Gasteiger charge is -2.21. The number of carbonyl (C=O) groups is 1. The maximum absolute atomic E-state index is 12.7. The summed E-state index contributed by atoms with van der Waals surface area (Å²) in [6, 6.07) is 2.71. The molecule has 22 heavy (non-hydrogen) atoms. The molecule has 1 fully saturated rings. The first kappa shape index (κ1) is 16.6. The Hall–Kier alpha value is -1.80. The molecule has 122 valence electrons. The van der Waals surface area contributed by atoms with Crippen LogP contribution in [0.25, 0.3) is 0 Å². The van der Waals surface area contributed by atoms with Crippen molar-refractivity contribution in [1.82, 2.24) is 0 Å². The molecule has 0 radical (unpaired) electrons. The van der Waals surface area contributed by atoms with Gasteiger partial charge in [-0.1, -0.05) is 0 Å². The van der Waals surface area contributed by atoms with Crippen LogP contribution >= 0.6 is 0 Å². The van der Waals surface area contributed by atoms with Crippen molar-refractivity contribution in [2.24, 2.45) is 0 Å². The minimum Gasteiger partial charge on any atom is -0.478 e. The van der Waals surface area contributed by atoms with Crippen LogP contribution in [0.15, 0.2) is 18.2 Å². The van der Waals surface area contributed by atoms with Crippen LogP contribution < -0.4 is 4.90 Å². The van der Waals surface area contributed by atoms with E-state index in [1.165, 1.54) is 6.07 Å². The standard InChI is InChI=1S/C14H16F3NO4/c15-14(16,17)9-1-2-12(11(7-9)13(20)21)18-4-3-10(8-18)22-6-5-19/h1-2,7,10,19H,3-6,8H2,(H,20,21)/t10-/m0/s1. The Bertz CT molecular complexity index is 547. The van der Waals surface area contributed by atoms with Crippen molar-refractivity contribution in [3.8, 4) is 0 Å². The van der Waals surface area contributed by atoms with Crippen molar-refractivity contribution >= 4 is 11.7 Å². The third kappa shape index (κ3) is 3.69. The van der Waals surface area contributed by atoms with Crippen LogP contribution in [0.2, 0.25) is 0 Å². The monoisotopic (exact) mass is 319 g/mol. The molecular formula is C14H16F3NO4. The number of ether oxygens (including phenoxy) is 1. The Balaban J connectivity index is 2.22. The molecule has 1 heterocycles. The molecule has 1 aliphatic rings. The topological polar surface area (TPSA) is 70.0 Å². The number of aliphatic hydroxyl groups is 1. The van der Waals surface area contributed by atoms with Crippen LogP contribution in [0, 0.1) is 0 Å². The third-order valence-electron chi connectivity index (χ3n) is 3.48. The summed E-state index contributed by atoms with van der Waals surface area (Å²) in [5, 5.41) is 17.9. The summed E-state index contributed by atoms with van der Waals surface area (Å²) in [5.41, 5.74) is -1.12. The summed E-state index contributed by atoms with van der Waals surface area (Å²) < 4.78 is 43.4. The molecule has 2 rings (SSSR count). The lowest BCUT2D eigenvalue weighted by atomic mass is 10.1. The number of hydrogen-bond donors (Lipinski definition) is 2. The number of carboxylic acids is 1. The van der Waals surface area contributed by atoms with Crippen molar-refractivity contribution in [1.29, 1.82) is 0 Å². The van der Waals surface area contributed by atoms with E-state index < -0.39 is 17.7 Å². The van der Waals surface area contributed by atoms with E-state index in [2.05, 4.69) is 0 Å². The van der Waals surface area contributed by atoms with Gasteiger partial charge in [0, 0.05) is 13.1 Å². The number of nitrogens with zero attached hydrogens (tertiary/aromatic N) is 1. The predicted molar refractivity (Wildman–Crippen MR) is 72.1 cm³/mol. The van der Waals surface area contributed by atoms with Gasteiger partial charge in [-0.3, -0.25) is 0 Å². The molecule has 1 aromatic carbocycles. The van der Waals surface area contributed by atoms with Gasteiger partial charge in [-0.15, -0.1) is 0 Å². The molecule has 0 aromatic heterocycles. The minimum absolute atomic E-state index is 0.114. The number of halogens is 3. The van der Waals surface area contributed by atoms with Gasteiger partial charge in [0.25, 0.3) is 0 Å². The second-order valence-corrected chi connectivity index (χ2v) is 4.99. The maximum Gasteiger partial charge on any atom is 0.416 e. The molecule has 0 spiro atoms. The number of rotatable bonds is 5. The van der Waals surface area contributed by atoms with E-state index in [4.69, 9.17) is 14.9 Å². The van der Waals surface area contributed by atoms with E-state index in [-0.39, 0.29) is 30.6 Å². The van der Waals surface area contributed by atoms with Gasteiger partial charge < -0.3 is 19.8 Å². The molecule has 0 bridgehead atoms. The molecule has 0 unspecified atom stereocenters. The smallest absolute Gasteiger partial charge is 0.416 e. The Morgan fingerprint density at radius 1 is 1.41 bits per heavy atom. The molecule has 1 aromatic rings. The normalized spacial score (nSPS) is 18.7. The van der Waals surface area contributed by atoms with E-state index >= 15 is 0 Å². The van der Waals surface area contributed by atoms with E-state index in [0.29, 0.717) is 25.6 Å². The van der Waals surface area contributed by atoms with E-state index in [1.54, 1.807) is 4.90 Å². The fourth-order valence-corrected chi connectivity index (χ4v) is 2.46. The van der Waals surface area contributed by atoms with Crippen LogP contribution in [-0.2, 0) is 10.9 Å². The van der Waals surface area contributed by atoms with Gasteiger partial charge in [0.2, 0.25) is 0 Å². The lowest BCUT2D eigenvalue weighted by Crippen LogP contribution is -2.25. The number of aromatic carboxylic acids is 1. The average molecular weight is 319 g/mol. The molecule has 1 atom stereocenters. The number of benzene rings is 1. The molecule has 5 nitrogen and oxygen atoms in total. The SMILES string of the molecule is O=C(O)c1cc(C(F)(F)F)ccc1N1CC[C@H](OCCO)C1. The fraction of sp³-hybridized carbons (Fsp3) is 0.500. The molecule has 8 heteroatoms. The van der Waals surface area contributed by atoms with Gasteiger partial charge in [0.05, 0.1) is 36.1 Å². The highest BCUT2D eigenvalue weighted by Gasteiger charge is 2.33.